The number of carbonyl (C=O) groups excluding carboxylic acids is 3. The predicted octanol–water partition coefficient (Wildman–Crippen LogP) is 3.65. The highest BCUT2D eigenvalue weighted by Crippen LogP contribution is 2.66. The van der Waals surface area contributed by atoms with E-state index in [1.54, 1.807) is 49.5 Å². The molecule has 188 valence electrons. The van der Waals surface area contributed by atoms with Gasteiger partial charge in [-0.15, -0.1) is 0 Å². The van der Waals surface area contributed by atoms with E-state index in [0.717, 1.165) is 0 Å². The average Bonchev–Trinajstić information content (AvgIpc) is 3.47. The van der Waals surface area contributed by atoms with E-state index in [1.807, 2.05) is 23.1 Å². The van der Waals surface area contributed by atoms with E-state index in [-0.39, 0.29) is 24.0 Å². The molecule has 2 spiro atoms. The number of fused-ring (bicyclic) bond motifs is 4. The number of benzene rings is 3. The zero-order valence-electron chi connectivity index (χ0n) is 21.0. The van der Waals surface area contributed by atoms with Crippen LogP contribution in [0.3, 0.4) is 0 Å². The van der Waals surface area contributed by atoms with Crippen molar-refractivity contribution in [3.8, 4) is 17.2 Å². The topological polar surface area (TPSA) is 94.2 Å². The van der Waals surface area contributed by atoms with Gasteiger partial charge in [-0.2, -0.15) is 0 Å². The van der Waals surface area contributed by atoms with Crippen molar-refractivity contribution in [2.75, 3.05) is 40.2 Å². The first-order valence-corrected chi connectivity index (χ1v) is 12.0. The van der Waals surface area contributed by atoms with Gasteiger partial charge in [0.05, 0.1) is 21.3 Å². The molecule has 3 aromatic carbocycles. The minimum absolute atomic E-state index is 0.270. The van der Waals surface area contributed by atoms with Gasteiger partial charge in [0, 0.05) is 34.8 Å². The summed E-state index contributed by atoms with van der Waals surface area (Å²) in [6.45, 7) is 0.270. The summed E-state index contributed by atoms with van der Waals surface area (Å²) in [4.78, 5) is 45.1. The van der Waals surface area contributed by atoms with Crippen LogP contribution in [0.5, 0.6) is 17.2 Å². The molecule has 0 radical (unpaired) electrons. The summed E-state index contributed by atoms with van der Waals surface area (Å²) in [7, 11) is 6.34. The van der Waals surface area contributed by atoms with E-state index < -0.39 is 16.9 Å². The molecule has 0 aromatic heterocycles. The van der Waals surface area contributed by atoms with E-state index in [0.29, 0.717) is 45.2 Å². The number of ether oxygens (including phenoxy) is 3. The van der Waals surface area contributed by atoms with E-state index in [9.17, 15) is 14.4 Å². The summed E-state index contributed by atoms with van der Waals surface area (Å²) in [5, 5.41) is 2.96. The summed E-state index contributed by atoms with van der Waals surface area (Å²) >= 11 is 0. The Morgan fingerprint density at radius 2 is 1.41 bits per heavy atom. The predicted molar refractivity (Wildman–Crippen MR) is 136 cm³/mol. The lowest BCUT2D eigenvalue weighted by molar-refractivity contribution is -0.128. The first kappa shape index (κ1) is 23.2. The van der Waals surface area contributed by atoms with Gasteiger partial charge in [-0.05, 0) is 30.8 Å². The maximum atomic E-state index is 14.6. The van der Waals surface area contributed by atoms with Gasteiger partial charge in [0.15, 0.2) is 23.1 Å². The standard InChI is InChI=1S/C29H26N2O6/c1-31-15-20(16-13-22(35-2)24(37-4)23(14-16)36-3)28(25(32)17-9-5-6-10-18(17)26(28)33)29(31)19-11-7-8-12-21(19)30-27(29)34/h5-14,20H,15H2,1-4H3,(H,30,34)/t20-,29?/m0/s1. The fourth-order valence-corrected chi connectivity index (χ4v) is 6.82. The molecule has 0 bridgehead atoms. The molecule has 1 N–H and O–H groups in total. The molecule has 8 heteroatoms. The Bertz CT molecular complexity index is 1440. The number of amides is 1. The minimum Gasteiger partial charge on any atom is -0.493 e. The van der Waals surface area contributed by atoms with Crippen LogP contribution in [0, 0.1) is 5.41 Å². The van der Waals surface area contributed by atoms with Crippen LogP contribution >= 0.6 is 0 Å². The molecule has 2 heterocycles. The third-order valence-corrected chi connectivity index (χ3v) is 8.24. The third kappa shape index (κ3) is 2.58. The average molecular weight is 499 g/mol. The summed E-state index contributed by atoms with van der Waals surface area (Å²) in [6, 6.07) is 17.6. The van der Waals surface area contributed by atoms with Crippen molar-refractivity contribution < 1.29 is 28.6 Å². The Kier molecular flexibility index (Phi) is 4.97. The molecule has 1 saturated heterocycles. The van der Waals surface area contributed by atoms with Crippen LogP contribution in [0.4, 0.5) is 5.69 Å². The van der Waals surface area contributed by atoms with Crippen LogP contribution < -0.4 is 19.5 Å². The molecule has 0 saturated carbocycles. The number of ketones is 2. The molecular formula is C29H26N2O6. The SMILES string of the molecule is COc1cc([C@@H]2CN(C)C3(C(=O)Nc4ccccc43)C23C(=O)c2ccccc2C3=O)cc(OC)c1OC. The molecule has 1 fully saturated rings. The summed E-state index contributed by atoms with van der Waals surface area (Å²) in [6.07, 6.45) is 0. The first-order chi connectivity index (χ1) is 17.9. The number of para-hydroxylation sites is 1. The lowest BCUT2D eigenvalue weighted by Crippen LogP contribution is -2.60. The number of methoxy groups -OCH3 is 3. The van der Waals surface area contributed by atoms with Crippen molar-refractivity contribution in [2.45, 2.75) is 11.5 Å². The zero-order chi connectivity index (χ0) is 26.1. The maximum Gasteiger partial charge on any atom is 0.251 e. The van der Waals surface area contributed by atoms with Crippen molar-refractivity contribution in [1.82, 2.24) is 4.90 Å². The number of likely N-dealkylation sites (tertiary alicyclic amines) is 1. The maximum absolute atomic E-state index is 14.6. The van der Waals surface area contributed by atoms with Crippen LogP contribution in [-0.2, 0) is 10.3 Å². The second kappa shape index (κ2) is 7.91. The molecule has 3 aromatic rings. The molecule has 3 aliphatic rings. The number of hydrogen-bond acceptors (Lipinski definition) is 7. The fourth-order valence-electron chi connectivity index (χ4n) is 6.82. The number of nitrogens with one attached hydrogen (secondary N) is 1. The van der Waals surface area contributed by atoms with Gasteiger partial charge in [-0.1, -0.05) is 42.5 Å². The minimum atomic E-state index is -1.74. The number of Topliss-reactive ketones (excluding diaryl/α,β-unsaturated/α-hetero) is 2. The molecule has 6 rings (SSSR count). The highest BCUT2D eigenvalue weighted by molar-refractivity contribution is 6.34. The largest absolute Gasteiger partial charge is 0.493 e. The Morgan fingerprint density at radius 1 is 0.838 bits per heavy atom. The molecule has 2 aliphatic heterocycles. The van der Waals surface area contributed by atoms with Crippen molar-refractivity contribution in [3.05, 3.63) is 82.9 Å². The van der Waals surface area contributed by atoms with E-state index >= 15 is 0 Å². The van der Waals surface area contributed by atoms with Crippen molar-refractivity contribution in [3.63, 3.8) is 0 Å². The van der Waals surface area contributed by atoms with Crippen molar-refractivity contribution >= 4 is 23.2 Å². The van der Waals surface area contributed by atoms with Crippen molar-refractivity contribution in [1.29, 1.82) is 0 Å². The molecule has 1 aliphatic carbocycles. The highest BCUT2D eigenvalue weighted by Gasteiger charge is 2.78. The van der Waals surface area contributed by atoms with Crippen LogP contribution in [0.2, 0.25) is 0 Å². The lowest BCUT2D eigenvalue weighted by Gasteiger charge is -2.42. The van der Waals surface area contributed by atoms with Gasteiger partial charge in [0.2, 0.25) is 5.75 Å². The van der Waals surface area contributed by atoms with Gasteiger partial charge in [-0.25, -0.2) is 0 Å². The fraction of sp³-hybridized carbons (Fsp3) is 0.276. The van der Waals surface area contributed by atoms with Gasteiger partial charge in [-0.3, -0.25) is 19.3 Å². The Balaban J connectivity index is 1.70. The van der Waals surface area contributed by atoms with Crippen LogP contribution in [0.25, 0.3) is 0 Å². The molecular weight excluding hydrogens is 472 g/mol. The summed E-state index contributed by atoms with van der Waals surface area (Å²) in [5.74, 6) is -0.577. The van der Waals surface area contributed by atoms with E-state index in [2.05, 4.69) is 5.32 Å². The van der Waals surface area contributed by atoms with Gasteiger partial charge >= 0.3 is 0 Å². The quantitative estimate of drug-likeness (QED) is 0.549. The van der Waals surface area contributed by atoms with Crippen LogP contribution in [-0.4, -0.2) is 57.3 Å². The normalized spacial score (nSPS) is 23.4. The molecule has 1 unspecified atom stereocenters. The van der Waals surface area contributed by atoms with Gasteiger partial charge in [0.25, 0.3) is 5.91 Å². The summed E-state index contributed by atoms with van der Waals surface area (Å²) < 4.78 is 16.7. The Morgan fingerprint density at radius 3 is 1.97 bits per heavy atom. The number of likely N-dealkylation sites (N-methyl/N-ethyl adjacent to an activating group) is 1. The van der Waals surface area contributed by atoms with Crippen LogP contribution in [0.15, 0.2) is 60.7 Å². The number of rotatable bonds is 4. The molecule has 2 atom stereocenters. The Labute approximate surface area is 214 Å². The van der Waals surface area contributed by atoms with E-state index in [4.69, 9.17) is 14.2 Å². The Hall–Kier alpha value is -4.17. The van der Waals surface area contributed by atoms with Gasteiger partial charge < -0.3 is 19.5 Å². The summed E-state index contributed by atoms with van der Waals surface area (Å²) in [5.41, 5.74) is -0.763. The second-order valence-corrected chi connectivity index (χ2v) is 9.61. The highest BCUT2D eigenvalue weighted by atomic mass is 16.5. The smallest absolute Gasteiger partial charge is 0.251 e. The third-order valence-electron chi connectivity index (χ3n) is 8.24. The lowest BCUT2D eigenvalue weighted by atomic mass is 9.58. The molecule has 8 nitrogen and oxygen atoms in total. The second-order valence-electron chi connectivity index (χ2n) is 9.61. The number of hydrogen-bond donors (Lipinski definition) is 1. The van der Waals surface area contributed by atoms with E-state index in [1.165, 1.54) is 21.3 Å². The number of nitrogens with zero attached hydrogens (tertiary/aromatic N) is 1. The zero-order valence-corrected chi connectivity index (χ0v) is 21.0. The molecule has 1 amide bonds. The van der Waals surface area contributed by atoms with Crippen molar-refractivity contribution in [2.24, 2.45) is 5.41 Å². The molecule has 37 heavy (non-hydrogen) atoms. The monoisotopic (exact) mass is 498 g/mol. The first-order valence-electron chi connectivity index (χ1n) is 12.0. The van der Waals surface area contributed by atoms with Gasteiger partial charge in [0.1, 0.15) is 11.0 Å². The number of carbonyl (C=O) groups is 3. The van der Waals surface area contributed by atoms with Crippen LogP contribution in [0.1, 0.15) is 37.8 Å². The number of anilines is 1.